The maximum absolute atomic E-state index is 13.2. The first-order chi connectivity index (χ1) is 13.2. The molecule has 0 atom stereocenters. The summed E-state index contributed by atoms with van der Waals surface area (Å²) in [6.07, 6.45) is 7.71. The number of rotatable bonds is 6. The molecule has 2 aromatic rings. The quantitative estimate of drug-likeness (QED) is 0.795. The summed E-state index contributed by atoms with van der Waals surface area (Å²) >= 11 is 0. The molecule has 0 unspecified atom stereocenters. The summed E-state index contributed by atoms with van der Waals surface area (Å²) < 4.78 is 15.0. The van der Waals surface area contributed by atoms with E-state index in [1.54, 1.807) is 12.1 Å². The Morgan fingerprint density at radius 3 is 2.63 bits per heavy atom. The fourth-order valence-corrected chi connectivity index (χ4v) is 4.19. The van der Waals surface area contributed by atoms with Crippen LogP contribution in [0.2, 0.25) is 0 Å². The molecule has 2 heterocycles. The Balaban J connectivity index is 1.40. The fraction of sp³-hybridized carbons (Fsp3) is 0.524. The Labute approximate surface area is 159 Å². The average Bonchev–Trinajstić information content (AvgIpc) is 3.29. The lowest BCUT2D eigenvalue weighted by atomic mass is 10.1. The Kier molecular flexibility index (Phi) is 5.53. The van der Waals surface area contributed by atoms with Crippen LogP contribution in [0.25, 0.3) is 5.69 Å². The largest absolute Gasteiger partial charge is 0.351 e. The van der Waals surface area contributed by atoms with Gasteiger partial charge in [0.05, 0.1) is 5.69 Å². The molecule has 144 valence electrons. The van der Waals surface area contributed by atoms with Gasteiger partial charge in [0.2, 0.25) is 0 Å². The number of benzene rings is 1. The number of nitrogens with one attached hydrogen (secondary N) is 1. The van der Waals surface area contributed by atoms with Crippen LogP contribution < -0.4 is 5.32 Å². The van der Waals surface area contributed by atoms with E-state index in [1.807, 2.05) is 4.68 Å². The molecule has 0 spiro atoms. The summed E-state index contributed by atoms with van der Waals surface area (Å²) in [5, 5.41) is 7.61. The van der Waals surface area contributed by atoms with Gasteiger partial charge in [0.1, 0.15) is 5.82 Å². The summed E-state index contributed by atoms with van der Waals surface area (Å²) in [6, 6.07) is 6.28. The van der Waals surface area contributed by atoms with Gasteiger partial charge in [-0.05, 0) is 82.4 Å². The van der Waals surface area contributed by atoms with Crippen LogP contribution in [0.5, 0.6) is 0 Å². The van der Waals surface area contributed by atoms with Crippen LogP contribution in [0.15, 0.2) is 24.3 Å². The van der Waals surface area contributed by atoms with Crippen molar-refractivity contribution in [2.24, 2.45) is 0 Å². The first kappa shape index (κ1) is 18.2. The van der Waals surface area contributed by atoms with Gasteiger partial charge in [-0.2, -0.15) is 5.10 Å². The molecule has 1 fully saturated rings. The van der Waals surface area contributed by atoms with Crippen LogP contribution in [0.4, 0.5) is 4.39 Å². The van der Waals surface area contributed by atoms with Crippen molar-refractivity contribution < 1.29 is 9.18 Å². The Morgan fingerprint density at radius 1 is 1.07 bits per heavy atom. The van der Waals surface area contributed by atoms with E-state index in [4.69, 9.17) is 0 Å². The summed E-state index contributed by atoms with van der Waals surface area (Å²) in [6.45, 7) is 4.09. The lowest BCUT2D eigenvalue weighted by Gasteiger charge is -2.26. The minimum atomic E-state index is -0.269. The van der Waals surface area contributed by atoms with Crippen LogP contribution in [0.3, 0.4) is 0 Å². The number of hydrogen-bond acceptors (Lipinski definition) is 3. The molecule has 0 saturated carbocycles. The molecular formula is C21H27FN4O. The number of carbonyl (C=O) groups excluding carboxylic acids is 1. The molecule has 0 bridgehead atoms. The summed E-state index contributed by atoms with van der Waals surface area (Å²) in [5.74, 6) is -0.359. The molecule has 2 aliphatic rings. The highest BCUT2D eigenvalue weighted by Crippen LogP contribution is 2.27. The molecular weight excluding hydrogens is 343 g/mol. The normalized spacial score (nSPS) is 17.1. The SMILES string of the molecule is O=C(NCCCN1CCCCC1)c1nn(-c2ccc(F)cc2)c2c1CCC2. The highest BCUT2D eigenvalue weighted by Gasteiger charge is 2.26. The number of piperidine rings is 1. The number of fused-ring (bicyclic) bond motifs is 1. The maximum atomic E-state index is 13.2. The van der Waals surface area contributed by atoms with Gasteiger partial charge in [0.25, 0.3) is 5.91 Å². The van der Waals surface area contributed by atoms with Crippen molar-refractivity contribution in [3.63, 3.8) is 0 Å². The molecule has 1 aliphatic carbocycles. The van der Waals surface area contributed by atoms with Gasteiger partial charge in [-0.1, -0.05) is 6.42 Å². The van der Waals surface area contributed by atoms with E-state index < -0.39 is 0 Å². The topological polar surface area (TPSA) is 50.2 Å². The van der Waals surface area contributed by atoms with Crippen molar-refractivity contribution in [2.75, 3.05) is 26.2 Å². The second kappa shape index (κ2) is 8.21. The summed E-state index contributed by atoms with van der Waals surface area (Å²) in [7, 11) is 0. The molecule has 1 aromatic heterocycles. The fourth-order valence-electron chi connectivity index (χ4n) is 4.19. The number of nitrogens with zero attached hydrogens (tertiary/aromatic N) is 3. The van der Waals surface area contributed by atoms with Gasteiger partial charge in [-0.15, -0.1) is 0 Å². The third kappa shape index (κ3) is 4.05. The smallest absolute Gasteiger partial charge is 0.272 e. The zero-order valence-electron chi connectivity index (χ0n) is 15.7. The second-order valence-corrected chi connectivity index (χ2v) is 7.53. The number of hydrogen-bond donors (Lipinski definition) is 1. The lowest BCUT2D eigenvalue weighted by Crippen LogP contribution is -2.33. The Hall–Kier alpha value is -2.21. The van der Waals surface area contributed by atoms with Gasteiger partial charge in [-0.3, -0.25) is 4.79 Å². The van der Waals surface area contributed by atoms with Gasteiger partial charge in [-0.25, -0.2) is 9.07 Å². The maximum Gasteiger partial charge on any atom is 0.272 e. The zero-order valence-corrected chi connectivity index (χ0v) is 15.7. The minimum Gasteiger partial charge on any atom is -0.351 e. The molecule has 1 aliphatic heterocycles. The molecule has 6 heteroatoms. The summed E-state index contributed by atoms with van der Waals surface area (Å²) in [5.41, 5.74) is 3.47. The van der Waals surface area contributed by atoms with E-state index in [1.165, 1.54) is 44.5 Å². The number of amides is 1. The molecule has 4 rings (SSSR count). The van der Waals surface area contributed by atoms with Crippen LogP contribution in [-0.2, 0) is 12.8 Å². The first-order valence-electron chi connectivity index (χ1n) is 10.1. The molecule has 1 N–H and O–H groups in total. The number of carbonyl (C=O) groups is 1. The lowest BCUT2D eigenvalue weighted by molar-refractivity contribution is 0.0944. The van der Waals surface area contributed by atoms with Gasteiger partial charge in [0, 0.05) is 17.8 Å². The number of likely N-dealkylation sites (tertiary alicyclic amines) is 1. The van der Waals surface area contributed by atoms with E-state index >= 15 is 0 Å². The average molecular weight is 370 g/mol. The second-order valence-electron chi connectivity index (χ2n) is 7.53. The minimum absolute atomic E-state index is 0.0901. The zero-order chi connectivity index (χ0) is 18.6. The first-order valence-corrected chi connectivity index (χ1v) is 10.1. The van der Waals surface area contributed by atoms with Crippen LogP contribution in [0.1, 0.15) is 53.8 Å². The number of aromatic nitrogens is 2. The molecule has 1 aromatic carbocycles. The molecule has 1 amide bonds. The summed E-state index contributed by atoms with van der Waals surface area (Å²) in [4.78, 5) is 15.2. The Bertz CT molecular complexity index is 793. The Morgan fingerprint density at radius 2 is 1.85 bits per heavy atom. The highest BCUT2D eigenvalue weighted by molar-refractivity contribution is 5.94. The van der Waals surface area contributed by atoms with Gasteiger partial charge < -0.3 is 10.2 Å². The van der Waals surface area contributed by atoms with E-state index in [-0.39, 0.29) is 11.7 Å². The number of halogens is 1. The van der Waals surface area contributed by atoms with Crippen LogP contribution in [0, 0.1) is 5.82 Å². The van der Waals surface area contributed by atoms with E-state index in [2.05, 4.69) is 15.3 Å². The third-order valence-electron chi connectivity index (χ3n) is 5.60. The van der Waals surface area contributed by atoms with Crippen molar-refractivity contribution in [3.05, 3.63) is 47.0 Å². The van der Waals surface area contributed by atoms with Gasteiger partial charge >= 0.3 is 0 Å². The molecule has 5 nitrogen and oxygen atoms in total. The molecule has 0 radical (unpaired) electrons. The van der Waals surface area contributed by atoms with Crippen molar-refractivity contribution in [1.82, 2.24) is 20.0 Å². The standard InChI is InChI=1S/C21H27FN4O/c22-16-8-10-17(11-9-16)26-19-7-4-6-18(19)20(24-26)21(27)23-12-5-15-25-13-2-1-3-14-25/h8-11H,1-7,12-15H2,(H,23,27). The van der Waals surface area contributed by atoms with Crippen molar-refractivity contribution in [1.29, 1.82) is 0 Å². The molecule has 27 heavy (non-hydrogen) atoms. The predicted octanol–water partition coefficient (Wildman–Crippen LogP) is 3.11. The van der Waals surface area contributed by atoms with Crippen molar-refractivity contribution in [3.8, 4) is 5.69 Å². The van der Waals surface area contributed by atoms with E-state index in [9.17, 15) is 9.18 Å². The van der Waals surface area contributed by atoms with E-state index in [0.29, 0.717) is 12.2 Å². The van der Waals surface area contributed by atoms with E-state index in [0.717, 1.165) is 49.2 Å². The van der Waals surface area contributed by atoms with Crippen LogP contribution >= 0.6 is 0 Å². The predicted molar refractivity (Wildman–Crippen MR) is 103 cm³/mol. The van der Waals surface area contributed by atoms with Gasteiger partial charge in [0.15, 0.2) is 5.69 Å². The van der Waals surface area contributed by atoms with Crippen molar-refractivity contribution >= 4 is 5.91 Å². The van der Waals surface area contributed by atoms with Crippen LogP contribution in [-0.4, -0.2) is 46.8 Å². The third-order valence-corrected chi connectivity index (χ3v) is 5.60. The monoisotopic (exact) mass is 370 g/mol. The highest BCUT2D eigenvalue weighted by atomic mass is 19.1. The van der Waals surface area contributed by atoms with Crippen molar-refractivity contribution in [2.45, 2.75) is 44.9 Å². The molecule has 1 saturated heterocycles.